The van der Waals surface area contributed by atoms with E-state index in [-0.39, 0.29) is 0 Å². The van der Waals surface area contributed by atoms with E-state index in [1.165, 1.54) is 0 Å². The zero-order valence-corrected chi connectivity index (χ0v) is 6.20. The van der Waals surface area contributed by atoms with Gasteiger partial charge in [-0.2, -0.15) is 5.26 Å². The summed E-state index contributed by atoms with van der Waals surface area (Å²) in [6.07, 6.45) is 4.81. The summed E-state index contributed by atoms with van der Waals surface area (Å²) in [6.45, 7) is 0. The first kappa shape index (κ1) is 6.68. The summed E-state index contributed by atoms with van der Waals surface area (Å²) in [4.78, 5) is 6.82. The highest BCUT2D eigenvalue weighted by Crippen LogP contribution is 2.20. The van der Waals surface area contributed by atoms with Crippen molar-refractivity contribution in [1.29, 1.82) is 5.26 Å². The molecular weight excluding hydrogens is 152 g/mol. The van der Waals surface area contributed by atoms with Crippen LogP contribution in [0.3, 0.4) is 0 Å². The number of nitrogens with zero attached hydrogens (tertiary/aromatic N) is 2. The van der Waals surface area contributed by atoms with Gasteiger partial charge in [-0.25, -0.2) is 0 Å². The first-order valence-corrected chi connectivity index (χ1v) is 3.43. The molecule has 0 saturated carbocycles. The summed E-state index contributed by atoms with van der Waals surface area (Å²) in [7, 11) is 0. The number of aromatic amines is 1. The number of rotatable bonds is 0. The number of anilines is 1. The third-order valence-corrected chi connectivity index (χ3v) is 1.75. The lowest BCUT2D eigenvalue weighted by Crippen LogP contribution is -1.87. The van der Waals surface area contributed by atoms with Gasteiger partial charge in [0.15, 0.2) is 0 Å². The molecule has 0 atom stereocenters. The molecule has 0 unspecified atom stereocenters. The Morgan fingerprint density at radius 1 is 1.50 bits per heavy atom. The Morgan fingerprint density at radius 2 is 2.33 bits per heavy atom. The second-order valence-electron chi connectivity index (χ2n) is 2.47. The Morgan fingerprint density at radius 3 is 3.08 bits per heavy atom. The van der Waals surface area contributed by atoms with Crippen molar-refractivity contribution in [3.8, 4) is 6.07 Å². The smallest absolute Gasteiger partial charge is 0.101 e. The molecule has 0 aromatic carbocycles. The van der Waals surface area contributed by atoms with Crippen LogP contribution in [-0.4, -0.2) is 9.97 Å². The van der Waals surface area contributed by atoms with E-state index in [2.05, 4.69) is 16.0 Å². The van der Waals surface area contributed by atoms with Crippen molar-refractivity contribution in [3.63, 3.8) is 0 Å². The maximum atomic E-state index is 8.68. The molecule has 2 heterocycles. The van der Waals surface area contributed by atoms with E-state index in [0.29, 0.717) is 11.3 Å². The Bertz CT molecular complexity index is 463. The fraction of sp³-hybridized carbons (Fsp3) is 0. The van der Waals surface area contributed by atoms with Gasteiger partial charge in [-0.1, -0.05) is 0 Å². The van der Waals surface area contributed by atoms with Crippen LogP contribution in [0.2, 0.25) is 0 Å². The molecule has 3 N–H and O–H groups in total. The van der Waals surface area contributed by atoms with Crippen molar-refractivity contribution in [2.24, 2.45) is 0 Å². The molecule has 2 rings (SSSR count). The molecule has 0 saturated heterocycles. The number of pyridine rings is 1. The summed E-state index contributed by atoms with van der Waals surface area (Å²) in [6, 6.07) is 2.05. The van der Waals surface area contributed by atoms with Crippen LogP contribution in [0.4, 0.5) is 5.69 Å². The molecule has 4 heteroatoms. The average Bonchev–Trinajstić information content (AvgIpc) is 2.49. The predicted molar refractivity (Wildman–Crippen MR) is 45.2 cm³/mol. The first-order chi connectivity index (χ1) is 5.83. The summed E-state index contributed by atoms with van der Waals surface area (Å²) in [5.74, 6) is 0. The molecule has 0 spiro atoms. The van der Waals surface area contributed by atoms with Gasteiger partial charge < -0.3 is 10.7 Å². The third-order valence-electron chi connectivity index (χ3n) is 1.75. The minimum atomic E-state index is 0.564. The van der Waals surface area contributed by atoms with Crippen LogP contribution < -0.4 is 5.73 Å². The third kappa shape index (κ3) is 0.736. The standard InChI is InChI=1S/C8H6N4/c9-1-5-2-12-8-6(5)3-11-4-7(8)10/h2-4,12H,10H2. The van der Waals surface area contributed by atoms with Crippen molar-refractivity contribution in [1.82, 2.24) is 9.97 Å². The maximum Gasteiger partial charge on any atom is 0.101 e. The monoisotopic (exact) mass is 158 g/mol. The number of fused-ring (bicyclic) bond motifs is 1. The van der Waals surface area contributed by atoms with Gasteiger partial charge >= 0.3 is 0 Å². The molecule has 0 amide bonds. The summed E-state index contributed by atoms with van der Waals surface area (Å²) in [5.41, 5.74) is 7.54. The molecule has 0 aliphatic heterocycles. The van der Waals surface area contributed by atoms with Gasteiger partial charge in [-0.3, -0.25) is 4.98 Å². The molecule has 12 heavy (non-hydrogen) atoms. The number of nitriles is 1. The fourth-order valence-electron chi connectivity index (χ4n) is 1.16. The lowest BCUT2D eigenvalue weighted by Gasteiger charge is -1.92. The van der Waals surface area contributed by atoms with Crippen molar-refractivity contribution in [3.05, 3.63) is 24.2 Å². The average molecular weight is 158 g/mol. The zero-order valence-electron chi connectivity index (χ0n) is 6.20. The van der Waals surface area contributed by atoms with E-state index in [1.54, 1.807) is 18.6 Å². The van der Waals surface area contributed by atoms with Crippen LogP contribution in [0.1, 0.15) is 5.56 Å². The topological polar surface area (TPSA) is 78.5 Å². The van der Waals surface area contributed by atoms with Gasteiger partial charge in [-0.05, 0) is 0 Å². The Balaban J connectivity index is 2.91. The maximum absolute atomic E-state index is 8.68. The minimum absolute atomic E-state index is 0.564. The van der Waals surface area contributed by atoms with Crippen molar-refractivity contribution >= 4 is 16.6 Å². The van der Waals surface area contributed by atoms with Gasteiger partial charge in [0.2, 0.25) is 0 Å². The van der Waals surface area contributed by atoms with Crippen molar-refractivity contribution in [2.45, 2.75) is 0 Å². The lowest BCUT2D eigenvalue weighted by molar-refractivity contribution is 1.36. The zero-order chi connectivity index (χ0) is 8.55. The second kappa shape index (κ2) is 2.24. The Hall–Kier alpha value is -2.02. The highest BCUT2D eigenvalue weighted by Gasteiger charge is 2.04. The SMILES string of the molecule is N#Cc1c[nH]c2c(N)cncc12. The summed E-state index contributed by atoms with van der Waals surface area (Å²) < 4.78 is 0. The van der Waals surface area contributed by atoms with Crippen LogP contribution in [0.5, 0.6) is 0 Å². The first-order valence-electron chi connectivity index (χ1n) is 3.43. The van der Waals surface area contributed by atoms with Crippen LogP contribution in [0.15, 0.2) is 18.6 Å². The second-order valence-corrected chi connectivity index (χ2v) is 2.47. The molecule has 0 aliphatic carbocycles. The van der Waals surface area contributed by atoms with Gasteiger partial charge in [0.25, 0.3) is 0 Å². The van der Waals surface area contributed by atoms with E-state index in [0.717, 1.165) is 10.9 Å². The molecule has 2 aromatic heterocycles. The molecule has 0 aliphatic rings. The number of H-pyrrole nitrogens is 1. The van der Waals surface area contributed by atoms with Gasteiger partial charge in [0.05, 0.1) is 23.0 Å². The number of nitrogens with one attached hydrogen (secondary N) is 1. The van der Waals surface area contributed by atoms with E-state index < -0.39 is 0 Å². The number of aromatic nitrogens is 2. The van der Waals surface area contributed by atoms with Crippen LogP contribution in [-0.2, 0) is 0 Å². The lowest BCUT2D eigenvalue weighted by atomic mass is 10.2. The largest absolute Gasteiger partial charge is 0.396 e. The fourth-order valence-corrected chi connectivity index (χ4v) is 1.16. The van der Waals surface area contributed by atoms with Crippen LogP contribution in [0, 0.1) is 11.3 Å². The molecule has 0 fully saturated rings. The number of hydrogen-bond acceptors (Lipinski definition) is 3. The minimum Gasteiger partial charge on any atom is -0.396 e. The molecule has 0 bridgehead atoms. The molecule has 58 valence electrons. The Kier molecular flexibility index (Phi) is 1.25. The molecule has 0 radical (unpaired) electrons. The van der Waals surface area contributed by atoms with Gasteiger partial charge in [-0.15, -0.1) is 0 Å². The van der Waals surface area contributed by atoms with Crippen LogP contribution in [0.25, 0.3) is 10.9 Å². The van der Waals surface area contributed by atoms with Gasteiger partial charge in [0.1, 0.15) is 6.07 Å². The highest BCUT2D eigenvalue weighted by molar-refractivity contribution is 5.92. The van der Waals surface area contributed by atoms with E-state index in [4.69, 9.17) is 11.0 Å². The number of nitrogen functional groups attached to an aromatic ring is 1. The van der Waals surface area contributed by atoms with E-state index >= 15 is 0 Å². The van der Waals surface area contributed by atoms with E-state index in [1.807, 2.05) is 0 Å². The summed E-state index contributed by atoms with van der Waals surface area (Å²) in [5, 5.41) is 9.45. The molecule has 4 nitrogen and oxygen atoms in total. The van der Waals surface area contributed by atoms with Crippen molar-refractivity contribution < 1.29 is 0 Å². The van der Waals surface area contributed by atoms with E-state index in [9.17, 15) is 0 Å². The number of hydrogen-bond donors (Lipinski definition) is 2. The normalized spacial score (nSPS) is 9.92. The molecular formula is C8H6N4. The highest BCUT2D eigenvalue weighted by atomic mass is 14.8. The van der Waals surface area contributed by atoms with Gasteiger partial charge in [0, 0.05) is 17.8 Å². The quantitative estimate of drug-likeness (QED) is 0.600. The Labute approximate surface area is 68.6 Å². The predicted octanol–water partition coefficient (Wildman–Crippen LogP) is 1.02. The van der Waals surface area contributed by atoms with Crippen LogP contribution >= 0.6 is 0 Å². The molecule has 2 aromatic rings. The number of nitrogens with two attached hydrogens (primary N) is 1. The van der Waals surface area contributed by atoms with Crippen molar-refractivity contribution in [2.75, 3.05) is 5.73 Å². The summed E-state index contributed by atoms with van der Waals surface area (Å²) >= 11 is 0.